The maximum absolute atomic E-state index is 12.7. The van der Waals surface area contributed by atoms with Gasteiger partial charge in [0.2, 0.25) is 0 Å². The molecule has 1 amide bonds. The van der Waals surface area contributed by atoms with E-state index in [2.05, 4.69) is 43.2 Å². The summed E-state index contributed by atoms with van der Waals surface area (Å²) in [6.07, 6.45) is 1.90. The van der Waals surface area contributed by atoms with Crippen LogP contribution in [0.4, 0.5) is 0 Å². The van der Waals surface area contributed by atoms with Gasteiger partial charge in [0.25, 0.3) is 5.91 Å². The van der Waals surface area contributed by atoms with Crippen LogP contribution in [0.1, 0.15) is 40.5 Å². The number of morpholine rings is 1. The quantitative estimate of drug-likeness (QED) is 0.781. The zero-order valence-corrected chi connectivity index (χ0v) is 15.3. The van der Waals surface area contributed by atoms with Crippen molar-refractivity contribution in [1.82, 2.24) is 15.5 Å². The molecule has 2 N–H and O–H groups in total. The summed E-state index contributed by atoms with van der Waals surface area (Å²) in [4.78, 5) is 15.1. The SMILES string of the molecule is COC1(C(=O)NCC(C)(C)N2CC(C)OC(C)C2)CCNCC1. The summed E-state index contributed by atoms with van der Waals surface area (Å²) in [5.74, 6) is 0.0175. The van der Waals surface area contributed by atoms with Gasteiger partial charge in [0.15, 0.2) is 0 Å². The molecule has 0 aromatic heterocycles. The summed E-state index contributed by atoms with van der Waals surface area (Å²) in [6.45, 7) is 12.6. The van der Waals surface area contributed by atoms with Crippen molar-refractivity contribution >= 4 is 5.91 Å². The van der Waals surface area contributed by atoms with Gasteiger partial charge in [0.05, 0.1) is 12.2 Å². The van der Waals surface area contributed by atoms with E-state index in [0.717, 1.165) is 39.0 Å². The molecule has 2 heterocycles. The Bertz CT molecular complexity index is 398. The van der Waals surface area contributed by atoms with E-state index in [4.69, 9.17) is 9.47 Å². The van der Waals surface area contributed by atoms with Crippen LogP contribution in [0, 0.1) is 0 Å². The molecule has 0 spiro atoms. The van der Waals surface area contributed by atoms with Crippen LogP contribution < -0.4 is 10.6 Å². The van der Waals surface area contributed by atoms with Gasteiger partial charge < -0.3 is 20.1 Å². The highest BCUT2D eigenvalue weighted by atomic mass is 16.5. The maximum atomic E-state index is 12.7. The molecule has 134 valence electrons. The molecule has 0 aliphatic carbocycles. The van der Waals surface area contributed by atoms with Crippen LogP contribution in [0.2, 0.25) is 0 Å². The van der Waals surface area contributed by atoms with Crippen LogP contribution in [0.15, 0.2) is 0 Å². The van der Waals surface area contributed by atoms with E-state index >= 15 is 0 Å². The lowest BCUT2D eigenvalue weighted by Crippen LogP contribution is -2.61. The number of nitrogens with one attached hydrogen (secondary N) is 2. The Hall–Kier alpha value is -0.690. The average molecular weight is 327 g/mol. The predicted molar refractivity (Wildman–Crippen MR) is 90.5 cm³/mol. The number of hydrogen-bond acceptors (Lipinski definition) is 5. The second-order valence-corrected chi connectivity index (χ2v) is 7.61. The Labute approximate surface area is 140 Å². The number of methoxy groups -OCH3 is 1. The fraction of sp³-hybridized carbons (Fsp3) is 0.941. The van der Waals surface area contributed by atoms with Gasteiger partial charge in [0.1, 0.15) is 5.60 Å². The third kappa shape index (κ3) is 4.44. The summed E-state index contributed by atoms with van der Waals surface area (Å²) in [7, 11) is 1.64. The Balaban J connectivity index is 1.93. The molecular formula is C17H33N3O3. The molecule has 2 fully saturated rings. The van der Waals surface area contributed by atoms with Crippen molar-refractivity contribution in [3.8, 4) is 0 Å². The molecule has 6 heteroatoms. The first-order valence-electron chi connectivity index (χ1n) is 8.74. The number of piperidine rings is 1. The second kappa shape index (κ2) is 7.47. The lowest BCUT2D eigenvalue weighted by Gasteiger charge is -2.45. The minimum absolute atomic E-state index is 0.0175. The first-order chi connectivity index (χ1) is 10.8. The molecule has 0 bridgehead atoms. The van der Waals surface area contributed by atoms with Crippen LogP contribution >= 0.6 is 0 Å². The standard InChI is InChI=1S/C17H33N3O3/c1-13-10-20(11-14(2)23-13)16(3,4)12-19-15(21)17(22-5)6-8-18-9-7-17/h13-14,18H,6-12H2,1-5H3,(H,19,21). The van der Waals surface area contributed by atoms with Gasteiger partial charge in [-0.05, 0) is 53.6 Å². The highest BCUT2D eigenvalue weighted by Gasteiger charge is 2.41. The smallest absolute Gasteiger partial charge is 0.252 e. The van der Waals surface area contributed by atoms with Crippen molar-refractivity contribution < 1.29 is 14.3 Å². The molecule has 2 rings (SSSR count). The number of nitrogens with zero attached hydrogens (tertiary/aromatic N) is 1. The molecule has 0 saturated carbocycles. The van der Waals surface area contributed by atoms with Crippen molar-refractivity contribution in [1.29, 1.82) is 0 Å². The van der Waals surface area contributed by atoms with E-state index in [-0.39, 0.29) is 23.7 Å². The molecule has 2 aliphatic heterocycles. The fourth-order valence-corrected chi connectivity index (χ4v) is 3.60. The van der Waals surface area contributed by atoms with E-state index in [0.29, 0.717) is 6.54 Å². The van der Waals surface area contributed by atoms with Gasteiger partial charge in [-0.3, -0.25) is 9.69 Å². The number of carbonyl (C=O) groups excluding carboxylic acids is 1. The molecule has 2 unspecified atom stereocenters. The number of amides is 1. The Kier molecular flexibility index (Phi) is 6.05. The molecule has 23 heavy (non-hydrogen) atoms. The first kappa shape index (κ1) is 18.6. The van der Waals surface area contributed by atoms with E-state index in [9.17, 15) is 4.79 Å². The number of ether oxygens (including phenoxy) is 2. The summed E-state index contributed by atoms with van der Waals surface area (Å²) in [5, 5.41) is 6.42. The predicted octanol–water partition coefficient (Wildman–Crippen LogP) is 0.759. The Morgan fingerprint density at radius 2 is 1.87 bits per heavy atom. The van der Waals surface area contributed by atoms with Crippen LogP contribution in [0.3, 0.4) is 0 Å². The molecule has 6 nitrogen and oxygen atoms in total. The molecule has 2 aliphatic rings. The monoisotopic (exact) mass is 327 g/mol. The zero-order valence-electron chi connectivity index (χ0n) is 15.3. The number of hydrogen-bond donors (Lipinski definition) is 2. The van der Waals surface area contributed by atoms with Crippen molar-refractivity contribution in [2.24, 2.45) is 0 Å². The summed E-state index contributed by atoms with van der Waals surface area (Å²) in [6, 6.07) is 0. The lowest BCUT2D eigenvalue weighted by molar-refractivity contribution is -0.147. The third-order valence-electron chi connectivity index (χ3n) is 5.17. The zero-order chi connectivity index (χ0) is 17.1. The third-order valence-corrected chi connectivity index (χ3v) is 5.17. The van der Waals surface area contributed by atoms with Crippen LogP contribution in [-0.2, 0) is 14.3 Å². The van der Waals surface area contributed by atoms with Crippen molar-refractivity contribution in [3.05, 3.63) is 0 Å². The van der Waals surface area contributed by atoms with Crippen LogP contribution in [0.25, 0.3) is 0 Å². The fourth-order valence-electron chi connectivity index (χ4n) is 3.60. The van der Waals surface area contributed by atoms with Crippen LogP contribution in [0.5, 0.6) is 0 Å². The molecule has 0 aromatic rings. The van der Waals surface area contributed by atoms with Crippen molar-refractivity contribution in [2.75, 3.05) is 39.8 Å². The van der Waals surface area contributed by atoms with E-state index in [1.54, 1.807) is 7.11 Å². The molecule has 0 radical (unpaired) electrons. The van der Waals surface area contributed by atoms with Crippen LogP contribution in [-0.4, -0.2) is 74.0 Å². The highest BCUT2D eigenvalue weighted by Crippen LogP contribution is 2.24. The molecule has 0 aromatic carbocycles. The molecule has 2 atom stereocenters. The normalized spacial score (nSPS) is 29.3. The van der Waals surface area contributed by atoms with E-state index in [1.807, 2.05) is 0 Å². The highest BCUT2D eigenvalue weighted by molar-refractivity contribution is 5.85. The molecular weight excluding hydrogens is 294 g/mol. The Morgan fingerprint density at radius 3 is 2.39 bits per heavy atom. The minimum Gasteiger partial charge on any atom is -0.373 e. The first-order valence-corrected chi connectivity index (χ1v) is 8.74. The van der Waals surface area contributed by atoms with Crippen molar-refractivity contribution in [2.45, 2.75) is 63.9 Å². The average Bonchev–Trinajstić information content (AvgIpc) is 2.52. The van der Waals surface area contributed by atoms with Gasteiger partial charge in [-0.2, -0.15) is 0 Å². The van der Waals surface area contributed by atoms with Crippen molar-refractivity contribution in [3.63, 3.8) is 0 Å². The van der Waals surface area contributed by atoms with Gasteiger partial charge in [0, 0.05) is 32.3 Å². The minimum atomic E-state index is -0.674. The van der Waals surface area contributed by atoms with Gasteiger partial charge >= 0.3 is 0 Å². The Morgan fingerprint density at radius 1 is 1.30 bits per heavy atom. The maximum Gasteiger partial charge on any atom is 0.252 e. The van der Waals surface area contributed by atoms with Gasteiger partial charge in [-0.15, -0.1) is 0 Å². The summed E-state index contributed by atoms with van der Waals surface area (Å²) >= 11 is 0. The second-order valence-electron chi connectivity index (χ2n) is 7.61. The van der Waals surface area contributed by atoms with E-state index < -0.39 is 5.60 Å². The summed E-state index contributed by atoms with van der Waals surface area (Å²) in [5.41, 5.74) is -0.781. The number of carbonyl (C=O) groups is 1. The summed E-state index contributed by atoms with van der Waals surface area (Å²) < 4.78 is 11.4. The number of rotatable bonds is 5. The van der Waals surface area contributed by atoms with Gasteiger partial charge in [-0.1, -0.05) is 0 Å². The largest absolute Gasteiger partial charge is 0.373 e. The topological polar surface area (TPSA) is 62.8 Å². The van der Waals surface area contributed by atoms with E-state index in [1.165, 1.54) is 0 Å². The van der Waals surface area contributed by atoms with Gasteiger partial charge in [-0.25, -0.2) is 0 Å². The lowest BCUT2D eigenvalue weighted by atomic mass is 9.90. The molecule has 2 saturated heterocycles.